The van der Waals surface area contributed by atoms with Crippen molar-refractivity contribution in [1.82, 2.24) is 10.2 Å². The first kappa shape index (κ1) is 12.6. The van der Waals surface area contributed by atoms with E-state index in [1.165, 1.54) is 0 Å². The number of ketones is 1. The molecule has 1 aromatic carbocycles. The van der Waals surface area contributed by atoms with E-state index in [1.54, 1.807) is 6.92 Å². The summed E-state index contributed by atoms with van der Waals surface area (Å²) in [6.45, 7) is 8.02. The SMILES string of the molecule is CC(=O)c1ccc(-c2cn[nH]c2C(C)(C)C)cc1. The Balaban J connectivity index is 2.44. The minimum atomic E-state index is 0.0189. The first-order valence-corrected chi connectivity index (χ1v) is 6.05. The maximum absolute atomic E-state index is 11.3. The van der Waals surface area contributed by atoms with Crippen molar-refractivity contribution in [2.75, 3.05) is 0 Å². The van der Waals surface area contributed by atoms with Gasteiger partial charge in [0.25, 0.3) is 0 Å². The van der Waals surface area contributed by atoms with Crippen LogP contribution < -0.4 is 0 Å². The third kappa shape index (κ3) is 2.35. The molecule has 18 heavy (non-hydrogen) atoms. The predicted octanol–water partition coefficient (Wildman–Crippen LogP) is 3.58. The lowest BCUT2D eigenvalue weighted by molar-refractivity contribution is 0.101. The maximum Gasteiger partial charge on any atom is 0.159 e. The van der Waals surface area contributed by atoms with Crippen LogP contribution in [-0.4, -0.2) is 16.0 Å². The number of nitrogens with one attached hydrogen (secondary N) is 1. The van der Waals surface area contributed by atoms with Crippen LogP contribution >= 0.6 is 0 Å². The minimum absolute atomic E-state index is 0.0189. The molecule has 0 saturated heterocycles. The van der Waals surface area contributed by atoms with Crippen LogP contribution in [0.25, 0.3) is 11.1 Å². The molecule has 1 N–H and O–H groups in total. The van der Waals surface area contributed by atoms with Gasteiger partial charge < -0.3 is 0 Å². The van der Waals surface area contributed by atoms with Crippen LogP contribution in [0, 0.1) is 0 Å². The van der Waals surface area contributed by atoms with E-state index in [0.717, 1.165) is 22.4 Å². The molecule has 0 unspecified atom stereocenters. The highest BCUT2D eigenvalue weighted by Crippen LogP contribution is 2.31. The van der Waals surface area contributed by atoms with Gasteiger partial charge in [0.05, 0.1) is 6.20 Å². The van der Waals surface area contributed by atoms with E-state index in [-0.39, 0.29) is 11.2 Å². The Labute approximate surface area is 107 Å². The molecule has 0 aliphatic rings. The summed E-state index contributed by atoms with van der Waals surface area (Å²) >= 11 is 0. The summed E-state index contributed by atoms with van der Waals surface area (Å²) in [5, 5.41) is 7.20. The number of benzene rings is 1. The second kappa shape index (κ2) is 4.41. The van der Waals surface area contributed by atoms with Crippen molar-refractivity contribution in [2.24, 2.45) is 0 Å². The van der Waals surface area contributed by atoms with E-state index in [9.17, 15) is 4.79 Å². The van der Waals surface area contributed by atoms with Gasteiger partial charge in [-0.15, -0.1) is 0 Å². The van der Waals surface area contributed by atoms with Gasteiger partial charge in [-0.3, -0.25) is 9.89 Å². The Morgan fingerprint density at radius 1 is 1.17 bits per heavy atom. The largest absolute Gasteiger partial charge is 0.295 e. The van der Waals surface area contributed by atoms with Crippen molar-refractivity contribution in [3.05, 3.63) is 41.7 Å². The first-order valence-electron chi connectivity index (χ1n) is 6.05. The third-order valence-electron chi connectivity index (χ3n) is 2.99. The molecule has 94 valence electrons. The standard InChI is InChI=1S/C15H18N2O/c1-10(18)11-5-7-12(8-6-11)13-9-16-17-14(13)15(2,3)4/h5-9H,1-4H3,(H,16,17). The van der Waals surface area contributed by atoms with Crippen LogP contribution in [0.3, 0.4) is 0 Å². The smallest absolute Gasteiger partial charge is 0.159 e. The number of carbonyl (C=O) groups is 1. The Kier molecular flexibility index (Phi) is 3.07. The van der Waals surface area contributed by atoms with E-state index < -0.39 is 0 Å². The highest BCUT2D eigenvalue weighted by molar-refractivity contribution is 5.94. The first-order chi connectivity index (χ1) is 8.39. The lowest BCUT2D eigenvalue weighted by atomic mass is 9.87. The average molecular weight is 242 g/mol. The van der Waals surface area contributed by atoms with Crippen molar-refractivity contribution in [1.29, 1.82) is 0 Å². The van der Waals surface area contributed by atoms with E-state index in [1.807, 2.05) is 30.5 Å². The molecule has 0 aliphatic heterocycles. The molecule has 0 radical (unpaired) electrons. The van der Waals surface area contributed by atoms with E-state index >= 15 is 0 Å². The summed E-state index contributed by atoms with van der Waals surface area (Å²) in [7, 11) is 0. The number of aromatic nitrogens is 2. The van der Waals surface area contributed by atoms with Crippen molar-refractivity contribution in [3.63, 3.8) is 0 Å². The van der Waals surface area contributed by atoms with E-state index in [2.05, 4.69) is 31.0 Å². The average Bonchev–Trinajstić information content (AvgIpc) is 2.77. The van der Waals surface area contributed by atoms with Crippen LogP contribution in [0.15, 0.2) is 30.5 Å². The minimum Gasteiger partial charge on any atom is -0.295 e. The Hall–Kier alpha value is -1.90. The van der Waals surface area contributed by atoms with Gasteiger partial charge in [-0.25, -0.2) is 0 Å². The summed E-state index contributed by atoms with van der Waals surface area (Å²) in [6, 6.07) is 7.65. The van der Waals surface area contributed by atoms with Gasteiger partial charge in [-0.2, -0.15) is 5.10 Å². The van der Waals surface area contributed by atoms with Gasteiger partial charge in [0, 0.05) is 22.2 Å². The van der Waals surface area contributed by atoms with Gasteiger partial charge in [0.2, 0.25) is 0 Å². The maximum atomic E-state index is 11.3. The number of H-pyrrole nitrogens is 1. The van der Waals surface area contributed by atoms with Crippen molar-refractivity contribution in [3.8, 4) is 11.1 Å². The van der Waals surface area contributed by atoms with Crippen molar-refractivity contribution < 1.29 is 4.79 Å². The van der Waals surface area contributed by atoms with Crippen LogP contribution in [0.4, 0.5) is 0 Å². The van der Waals surface area contributed by atoms with Crippen LogP contribution in [0.2, 0.25) is 0 Å². The molecule has 0 saturated carbocycles. The zero-order valence-electron chi connectivity index (χ0n) is 11.2. The zero-order chi connectivity index (χ0) is 13.3. The topological polar surface area (TPSA) is 45.8 Å². The monoisotopic (exact) mass is 242 g/mol. The lowest BCUT2D eigenvalue weighted by Gasteiger charge is -2.18. The predicted molar refractivity (Wildman–Crippen MR) is 72.7 cm³/mol. The summed E-state index contributed by atoms with van der Waals surface area (Å²) in [4.78, 5) is 11.3. The highest BCUT2D eigenvalue weighted by Gasteiger charge is 2.20. The summed E-state index contributed by atoms with van der Waals surface area (Å²) in [5.74, 6) is 0.0878. The molecule has 0 atom stereocenters. The fraction of sp³-hybridized carbons (Fsp3) is 0.333. The third-order valence-corrected chi connectivity index (χ3v) is 2.99. The molecule has 2 rings (SSSR count). The molecule has 3 nitrogen and oxygen atoms in total. The van der Waals surface area contributed by atoms with Crippen LogP contribution in [-0.2, 0) is 5.41 Å². The molecule has 0 amide bonds. The number of Topliss-reactive ketones (excluding diaryl/α,β-unsaturated/α-hetero) is 1. The van der Waals surface area contributed by atoms with E-state index in [0.29, 0.717) is 0 Å². The number of hydrogen-bond acceptors (Lipinski definition) is 2. The van der Waals surface area contributed by atoms with Crippen molar-refractivity contribution >= 4 is 5.78 Å². The van der Waals surface area contributed by atoms with Crippen molar-refractivity contribution in [2.45, 2.75) is 33.1 Å². The second-order valence-electron chi connectivity index (χ2n) is 5.54. The molecular weight excluding hydrogens is 224 g/mol. The number of rotatable bonds is 2. The Morgan fingerprint density at radius 2 is 1.78 bits per heavy atom. The molecule has 3 heteroatoms. The van der Waals surface area contributed by atoms with Gasteiger partial charge in [0.1, 0.15) is 0 Å². The number of nitrogens with zero attached hydrogens (tertiary/aromatic N) is 1. The quantitative estimate of drug-likeness (QED) is 0.818. The molecule has 0 bridgehead atoms. The second-order valence-corrected chi connectivity index (χ2v) is 5.54. The van der Waals surface area contributed by atoms with Gasteiger partial charge in [-0.1, -0.05) is 45.0 Å². The summed E-state index contributed by atoms with van der Waals surface area (Å²) in [6.07, 6.45) is 1.84. The van der Waals surface area contributed by atoms with Crippen LogP contribution in [0.5, 0.6) is 0 Å². The normalized spacial score (nSPS) is 11.6. The number of aromatic amines is 1. The molecular formula is C15H18N2O. The molecule has 1 heterocycles. The zero-order valence-corrected chi connectivity index (χ0v) is 11.2. The Bertz CT molecular complexity index is 559. The number of hydrogen-bond donors (Lipinski definition) is 1. The molecule has 0 aliphatic carbocycles. The molecule has 2 aromatic rings. The van der Waals surface area contributed by atoms with Crippen LogP contribution in [0.1, 0.15) is 43.7 Å². The summed E-state index contributed by atoms with van der Waals surface area (Å²) < 4.78 is 0. The van der Waals surface area contributed by atoms with Gasteiger partial charge in [0.15, 0.2) is 5.78 Å². The fourth-order valence-corrected chi connectivity index (χ4v) is 1.96. The molecule has 0 spiro atoms. The molecule has 0 fully saturated rings. The fourth-order valence-electron chi connectivity index (χ4n) is 1.96. The Morgan fingerprint density at radius 3 is 2.28 bits per heavy atom. The number of carbonyl (C=O) groups excluding carboxylic acids is 1. The van der Waals surface area contributed by atoms with E-state index in [4.69, 9.17) is 0 Å². The summed E-state index contributed by atoms with van der Waals surface area (Å²) in [5.41, 5.74) is 4.04. The highest BCUT2D eigenvalue weighted by atomic mass is 16.1. The van der Waals surface area contributed by atoms with Gasteiger partial charge in [-0.05, 0) is 12.5 Å². The lowest BCUT2D eigenvalue weighted by Crippen LogP contribution is -2.13. The van der Waals surface area contributed by atoms with Gasteiger partial charge >= 0.3 is 0 Å². The molecule has 1 aromatic heterocycles.